The summed E-state index contributed by atoms with van der Waals surface area (Å²) in [6.07, 6.45) is 5.59. The highest BCUT2D eigenvalue weighted by Crippen LogP contribution is 2.27. The summed E-state index contributed by atoms with van der Waals surface area (Å²) in [5, 5.41) is 12.9. The largest absolute Gasteiger partial charge is 0.784 e. The molecule has 17 heavy (non-hydrogen) atoms. The number of hydrogen-bond acceptors (Lipinski definition) is 3. The lowest BCUT2D eigenvalue weighted by atomic mass is 10.3. The van der Waals surface area contributed by atoms with E-state index in [0.29, 0.717) is 35.4 Å². The highest BCUT2D eigenvalue weighted by Gasteiger charge is 2.01. The van der Waals surface area contributed by atoms with Crippen LogP contribution in [0.25, 0.3) is 0 Å². The zero-order valence-electron chi connectivity index (χ0n) is 9.16. The van der Waals surface area contributed by atoms with E-state index in [4.69, 9.17) is 34.4 Å². The van der Waals surface area contributed by atoms with Crippen LogP contribution in [-0.4, -0.2) is 24.8 Å². The SMILES string of the molecule is C#CCN([O-])CCCOc1ccc(Cl)cc1Cl. The summed E-state index contributed by atoms with van der Waals surface area (Å²) in [7, 11) is 0. The van der Waals surface area contributed by atoms with Crippen molar-refractivity contribution in [2.45, 2.75) is 6.42 Å². The Morgan fingerprint density at radius 1 is 1.41 bits per heavy atom. The van der Waals surface area contributed by atoms with Crippen LogP contribution in [0, 0.1) is 17.6 Å². The maximum Gasteiger partial charge on any atom is 0.137 e. The van der Waals surface area contributed by atoms with Gasteiger partial charge >= 0.3 is 0 Å². The van der Waals surface area contributed by atoms with E-state index in [1.165, 1.54) is 0 Å². The molecule has 92 valence electrons. The Morgan fingerprint density at radius 2 is 2.18 bits per heavy atom. The number of hydroxylamine groups is 2. The van der Waals surface area contributed by atoms with Gasteiger partial charge in [-0.1, -0.05) is 29.1 Å². The molecular weight excluding hydrogens is 261 g/mol. The average Bonchev–Trinajstić information content (AvgIpc) is 2.27. The molecule has 0 spiro atoms. The van der Waals surface area contributed by atoms with Gasteiger partial charge in [-0.25, -0.2) is 0 Å². The van der Waals surface area contributed by atoms with Gasteiger partial charge in [-0.15, -0.1) is 6.42 Å². The Hall–Kier alpha value is -0.920. The van der Waals surface area contributed by atoms with Gasteiger partial charge in [0.25, 0.3) is 0 Å². The molecule has 1 aromatic carbocycles. The summed E-state index contributed by atoms with van der Waals surface area (Å²) in [4.78, 5) is 0. The van der Waals surface area contributed by atoms with Crippen molar-refractivity contribution in [3.8, 4) is 18.1 Å². The lowest BCUT2D eigenvalue weighted by Crippen LogP contribution is -2.19. The first-order valence-electron chi connectivity index (χ1n) is 5.07. The summed E-state index contributed by atoms with van der Waals surface area (Å²) in [6.45, 7) is 0.849. The molecule has 0 unspecified atom stereocenters. The second-order valence-corrected chi connectivity index (χ2v) is 4.19. The molecule has 0 aliphatic carbocycles. The molecule has 0 aliphatic rings. The second-order valence-electron chi connectivity index (χ2n) is 3.34. The molecule has 0 fully saturated rings. The van der Waals surface area contributed by atoms with Crippen molar-refractivity contribution in [3.05, 3.63) is 33.5 Å². The summed E-state index contributed by atoms with van der Waals surface area (Å²) in [6, 6.07) is 5.00. The molecule has 0 atom stereocenters. The smallest absolute Gasteiger partial charge is 0.137 e. The molecular formula is C12H12Cl2NO2-. The van der Waals surface area contributed by atoms with Crippen LogP contribution in [0.2, 0.25) is 10.0 Å². The predicted octanol–water partition coefficient (Wildman–Crippen LogP) is 3.20. The number of hydrogen-bond donors (Lipinski definition) is 0. The Balaban J connectivity index is 2.29. The number of halogens is 2. The summed E-state index contributed by atoms with van der Waals surface area (Å²) < 4.78 is 5.41. The molecule has 0 amide bonds. The van der Waals surface area contributed by atoms with Crippen LogP contribution in [0.5, 0.6) is 5.75 Å². The van der Waals surface area contributed by atoms with Crippen molar-refractivity contribution in [1.29, 1.82) is 0 Å². The first kappa shape index (κ1) is 14.1. The van der Waals surface area contributed by atoms with Crippen LogP contribution < -0.4 is 4.74 Å². The van der Waals surface area contributed by atoms with Crippen molar-refractivity contribution in [1.82, 2.24) is 5.06 Å². The quantitative estimate of drug-likeness (QED) is 0.453. The van der Waals surface area contributed by atoms with E-state index in [-0.39, 0.29) is 6.54 Å². The third-order valence-electron chi connectivity index (χ3n) is 1.97. The number of benzene rings is 1. The van der Waals surface area contributed by atoms with Gasteiger partial charge in [-0.05, 0) is 31.2 Å². The highest BCUT2D eigenvalue weighted by molar-refractivity contribution is 6.35. The van der Waals surface area contributed by atoms with Gasteiger partial charge in [0.1, 0.15) is 5.75 Å². The van der Waals surface area contributed by atoms with Crippen LogP contribution in [0.15, 0.2) is 18.2 Å². The first-order chi connectivity index (χ1) is 8.13. The molecule has 0 aromatic heterocycles. The molecule has 0 heterocycles. The highest BCUT2D eigenvalue weighted by atomic mass is 35.5. The monoisotopic (exact) mass is 272 g/mol. The van der Waals surface area contributed by atoms with Crippen molar-refractivity contribution >= 4 is 23.2 Å². The minimum atomic E-state index is 0.0989. The van der Waals surface area contributed by atoms with E-state index in [1.807, 2.05) is 0 Å². The molecule has 0 aliphatic heterocycles. The molecule has 5 heteroatoms. The average molecular weight is 273 g/mol. The molecule has 0 saturated carbocycles. The lowest BCUT2D eigenvalue weighted by molar-refractivity contribution is 0.285. The standard InChI is InChI=1S/C12H12Cl2NO2/c1-2-6-15(16)7-3-8-17-12-5-4-10(13)9-11(12)14/h1,4-5,9H,3,6-8H2/q-1. The predicted molar refractivity (Wildman–Crippen MR) is 70.3 cm³/mol. The van der Waals surface area contributed by atoms with Gasteiger partial charge in [-0.3, -0.25) is 0 Å². The maximum absolute atomic E-state index is 11.0. The van der Waals surface area contributed by atoms with Crippen LogP contribution in [0.4, 0.5) is 0 Å². The lowest BCUT2D eigenvalue weighted by Gasteiger charge is -2.25. The van der Waals surface area contributed by atoms with E-state index in [2.05, 4.69) is 5.92 Å². The van der Waals surface area contributed by atoms with Gasteiger partial charge in [0.15, 0.2) is 0 Å². The van der Waals surface area contributed by atoms with Crippen molar-refractivity contribution in [2.75, 3.05) is 19.7 Å². The van der Waals surface area contributed by atoms with Gasteiger partial charge in [0, 0.05) is 11.6 Å². The maximum atomic E-state index is 11.0. The van der Waals surface area contributed by atoms with Crippen molar-refractivity contribution in [3.63, 3.8) is 0 Å². The molecule has 0 saturated heterocycles. The summed E-state index contributed by atoms with van der Waals surface area (Å²) in [5.41, 5.74) is 0. The van der Waals surface area contributed by atoms with Gasteiger partial charge in [0.2, 0.25) is 0 Å². The Kier molecular flexibility index (Phi) is 6.17. The van der Waals surface area contributed by atoms with Crippen molar-refractivity contribution < 1.29 is 4.74 Å². The minimum absolute atomic E-state index is 0.0989. The zero-order chi connectivity index (χ0) is 12.7. The minimum Gasteiger partial charge on any atom is -0.784 e. The van der Waals surface area contributed by atoms with Crippen LogP contribution in [0.3, 0.4) is 0 Å². The fourth-order valence-corrected chi connectivity index (χ4v) is 1.66. The van der Waals surface area contributed by atoms with Crippen LogP contribution >= 0.6 is 23.2 Å². The number of nitrogens with zero attached hydrogens (tertiary/aromatic N) is 1. The molecule has 0 bridgehead atoms. The normalized spacial score (nSPS) is 10.3. The van der Waals surface area contributed by atoms with E-state index in [1.54, 1.807) is 18.2 Å². The fraction of sp³-hybridized carbons (Fsp3) is 0.333. The van der Waals surface area contributed by atoms with Gasteiger partial charge in [0.05, 0.1) is 11.6 Å². The fourth-order valence-electron chi connectivity index (χ4n) is 1.20. The van der Waals surface area contributed by atoms with Crippen LogP contribution in [-0.2, 0) is 0 Å². The molecule has 1 aromatic rings. The molecule has 0 N–H and O–H groups in total. The number of ether oxygens (including phenoxy) is 1. The number of terminal acetylenes is 1. The van der Waals surface area contributed by atoms with Crippen molar-refractivity contribution in [2.24, 2.45) is 0 Å². The summed E-state index contributed by atoms with van der Waals surface area (Å²) in [5.74, 6) is 2.84. The Morgan fingerprint density at radius 3 is 2.82 bits per heavy atom. The van der Waals surface area contributed by atoms with Gasteiger partial charge in [-0.2, -0.15) is 0 Å². The number of rotatable bonds is 6. The molecule has 3 nitrogen and oxygen atoms in total. The third kappa shape index (κ3) is 5.29. The molecule has 1 rings (SSSR count). The Bertz CT molecular complexity index is 404. The first-order valence-corrected chi connectivity index (χ1v) is 5.82. The van der Waals surface area contributed by atoms with E-state index in [9.17, 15) is 5.21 Å². The zero-order valence-corrected chi connectivity index (χ0v) is 10.7. The van der Waals surface area contributed by atoms with E-state index < -0.39 is 0 Å². The third-order valence-corrected chi connectivity index (χ3v) is 2.50. The summed E-state index contributed by atoms with van der Waals surface area (Å²) >= 11 is 11.7. The Labute approximate surface area is 111 Å². The second kappa shape index (κ2) is 7.41. The van der Waals surface area contributed by atoms with E-state index >= 15 is 0 Å². The van der Waals surface area contributed by atoms with Gasteiger partial charge < -0.3 is 15.0 Å². The van der Waals surface area contributed by atoms with E-state index in [0.717, 1.165) is 5.06 Å². The molecule has 0 radical (unpaired) electrons. The topological polar surface area (TPSA) is 35.5 Å². The van der Waals surface area contributed by atoms with Crippen LogP contribution in [0.1, 0.15) is 6.42 Å².